The van der Waals surface area contributed by atoms with Crippen molar-refractivity contribution in [3.05, 3.63) is 59.7 Å². The van der Waals surface area contributed by atoms with E-state index in [1.165, 1.54) is 23.4 Å². The zero-order valence-corrected chi connectivity index (χ0v) is 13.5. The van der Waals surface area contributed by atoms with Crippen LogP contribution in [0.4, 0.5) is 5.95 Å². The van der Waals surface area contributed by atoms with Crippen LogP contribution in [0.1, 0.15) is 21.5 Å². The minimum atomic E-state index is -1.04. The summed E-state index contributed by atoms with van der Waals surface area (Å²) in [4.78, 5) is 26.8. The lowest BCUT2D eigenvalue weighted by Gasteiger charge is -2.04. The lowest BCUT2D eigenvalue weighted by Crippen LogP contribution is -2.13. The molecule has 9 heteroatoms. The van der Waals surface area contributed by atoms with Gasteiger partial charge in [-0.2, -0.15) is 5.10 Å². The van der Waals surface area contributed by atoms with Crippen LogP contribution in [-0.2, 0) is 17.9 Å². The van der Waals surface area contributed by atoms with Crippen molar-refractivity contribution in [3.8, 4) is 0 Å². The lowest BCUT2D eigenvalue weighted by atomic mass is 10.1. The van der Waals surface area contributed by atoms with Gasteiger partial charge in [0.05, 0.1) is 18.3 Å². The molecule has 0 fully saturated rings. The average Bonchev–Trinajstić information content (AvgIpc) is 3.19. The predicted molar refractivity (Wildman–Crippen MR) is 88.1 cm³/mol. The van der Waals surface area contributed by atoms with E-state index in [1.807, 2.05) is 31.2 Å². The van der Waals surface area contributed by atoms with Crippen molar-refractivity contribution < 1.29 is 14.7 Å². The summed E-state index contributed by atoms with van der Waals surface area (Å²) < 4.78 is 2.80. The van der Waals surface area contributed by atoms with Gasteiger partial charge >= 0.3 is 5.97 Å². The van der Waals surface area contributed by atoms with Gasteiger partial charge in [0.25, 0.3) is 5.91 Å². The predicted octanol–water partition coefficient (Wildman–Crippen LogP) is 1.17. The fraction of sp³-hybridized carbons (Fsp3) is 0.188. The number of aromatic nitrogens is 5. The molecule has 2 aromatic heterocycles. The summed E-state index contributed by atoms with van der Waals surface area (Å²) in [6.07, 6.45) is 4.19. The third-order valence-electron chi connectivity index (χ3n) is 3.55. The van der Waals surface area contributed by atoms with Gasteiger partial charge in [0.1, 0.15) is 12.9 Å². The number of nitrogens with one attached hydrogen (secondary N) is 1. The largest absolute Gasteiger partial charge is 0.480 e. The molecule has 9 nitrogen and oxygen atoms in total. The van der Waals surface area contributed by atoms with Crippen LogP contribution in [0, 0.1) is 6.92 Å². The summed E-state index contributed by atoms with van der Waals surface area (Å²) in [5.41, 5.74) is 2.49. The molecule has 0 unspecified atom stereocenters. The smallest absolute Gasteiger partial charge is 0.325 e. The second kappa shape index (κ2) is 6.95. The summed E-state index contributed by atoms with van der Waals surface area (Å²) in [5.74, 6) is -1.32. The van der Waals surface area contributed by atoms with Crippen LogP contribution >= 0.6 is 0 Å². The Kier molecular flexibility index (Phi) is 4.55. The molecule has 0 spiro atoms. The number of hydrogen-bond donors (Lipinski definition) is 2. The van der Waals surface area contributed by atoms with E-state index < -0.39 is 11.9 Å². The molecule has 0 bridgehead atoms. The summed E-state index contributed by atoms with van der Waals surface area (Å²) >= 11 is 0. The van der Waals surface area contributed by atoms with Gasteiger partial charge in [-0.25, -0.2) is 9.67 Å². The van der Waals surface area contributed by atoms with Crippen LogP contribution in [0.25, 0.3) is 0 Å². The highest BCUT2D eigenvalue weighted by Crippen LogP contribution is 2.09. The Morgan fingerprint density at radius 1 is 1.24 bits per heavy atom. The Hall–Kier alpha value is -3.49. The molecule has 0 radical (unpaired) electrons. The van der Waals surface area contributed by atoms with Gasteiger partial charge in [-0.15, -0.1) is 5.10 Å². The second-order valence-corrected chi connectivity index (χ2v) is 5.47. The molecule has 128 valence electrons. The van der Waals surface area contributed by atoms with Crippen molar-refractivity contribution in [1.82, 2.24) is 24.5 Å². The molecule has 0 saturated carbocycles. The summed E-state index contributed by atoms with van der Waals surface area (Å²) in [5, 5.41) is 19.3. The first-order chi connectivity index (χ1) is 12.0. The number of rotatable bonds is 6. The molecule has 25 heavy (non-hydrogen) atoms. The van der Waals surface area contributed by atoms with E-state index in [9.17, 15) is 9.59 Å². The van der Waals surface area contributed by atoms with Gasteiger partial charge in [0, 0.05) is 6.20 Å². The lowest BCUT2D eigenvalue weighted by molar-refractivity contribution is -0.137. The number of carboxylic acid groups (broad SMARTS) is 1. The highest BCUT2D eigenvalue weighted by atomic mass is 16.4. The summed E-state index contributed by atoms with van der Waals surface area (Å²) in [7, 11) is 0. The molecule has 3 rings (SSSR count). The van der Waals surface area contributed by atoms with E-state index in [0.717, 1.165) is 11.1 Å². The molecule has 1 amide bonds. The van der Waals surface area contributed by atoms with E-state index in [1.54, 1.807) is 4.68 Å². The zero-order chi connectivity index (χ0) is 17.8. The number of carbonyl (C=O) groups excluding carboxylic acids is 1. The van der Waals surface area contributed by atoms with Gasteiger partial charge in [-0.3, -0.25) is 19.6 Å². The molecule has 0 aliphatic rings. The molecule has 0 aliphatic heterocycles. The maximum atomic E-state index is 12.1. The van der Waals surface area contributed by atoms with E-state index in [2.05, 4.69) is 20.5 Å². The minimum Gasteiger partial charge on any atom is -0.480 e. The average molecular weight is 340 g/mol. The van der Waals surface area contributed by atoms with Gasteiger partial charge in [-0.05, 0) is 18.1 Å². The number of benzene rings is 1. The quantitative estimate of drug-likeness (QED) is 0.696. The van der Waals surface area contributed by atoms with Crippen molar-refractivity contribution in [1.29, 1.82) is 0 Å². The molecule has 1 aromatic carbocycles. The Balaban J connectivity index is 1.65. The number of carbonyl (C=O) groups is 2. The number of aliphatic carboxylic acids is 1. The zero-order valence-electron chi connectivity index (χ0n) is 13.5. The van der Waals surface area contributed by atoms with Crippen molar-refractivity contribution in [3.63, 3.8) is 0 Å². The SMILES string of the molecule is Cc1ccccc1Cn1cnc(NC(=O)c2cnn(CC(=O)O)c2)n1. The second-order valence-electron chi connectivity index (χ2n) is 5.47. The third-order valence-corrected chi connectivity index (χ3v) is 3.55. The first kappa shape index (κ1) is 16.4. The normalized spacial score (nSPS) is 10.6. The van der Waals surface area contributed by atoms with Gasteiger partial charge < -0.3 is 5.11 Å². The number of anilines is 1. The fourth-order valence-electron chi connectivity index (χ4n) is 2.27. The fourth-order valence-corrected chi connectivity index (χ4v) is 2.27. The van der Waals surface area contributed by atoms with Gasteiger partial charge in [0.2, 0.25) is 5.95 Å². The molecule has 0 atom stereocenters. The van der Waals surface area contributed by atoms with Crippen molar-refractivity contribution in [2.24, 2.45) is 0 Å². The van der Waals surface area contributed by atoms with E-state index in [0.29, 0.717) is 6.54 Å². The van der Waals surface area contributed by atoms with Crippen molar-refractivity contribution in [2.75, 3.05) is 5.32 Å². The van der Waals surface area contributed by atoms with Gasteiger partial charge in [-0.1, -0.05) is 24.3 Å². The van der Waals surface area contributed by atoms with Crippen LogP contribution in [0.5, 0.6) is 0 Å². The number of aryl methyl sites for hydroxylation is 1. The van der Waals surface area contributed by atoms with Crippen LogP contribution in [0.3, 0.4) is 0 Å². The standard InChI is InChI=1S/C16H16N6O3/c1-11-4-2-3-5-12(11)7-22-10-17-16(20-22)19-15(25)13-6-18-21(8-13)9-14(23)24/h2-6,8,10H,7,9H2,1H3,(H,23,24)(H,19,20,25). The monoisotopic (exact) mass is 340 g/mol. The summed E-state index contributed by atoms with van der Waals surface area (Å²) in [6, 6.07) is 7.95. The van der Waals surface area contributed by atoms with Crippen LogP contribution in [0.15, 0.2) is 43.0 Å². The molecule has 0 saturated heterocycles. The summed E-state index contributed by atoms with van der Waals surface area (Å²) in [6.45, 7) is 2.26. The van der Waals surface area contributed by atoms with E-state index in [4.69, 9.17) is 5.11 Å². The molecule has 0 aliphatic carbocycles. The Morgan fingerprint density at radius 3 is 2.80 bits per heavy atom. The van der Waals surface area contributed by atoms with E-state index in [-0.39, 0.29) is 18.1 Å². The number of hydrogen-bond acceptors (Lipinski definition) is 5. The highest BCUT2D eigenvalue weighted by molar-refractivity contribution is 6.02. The Morgan fingerprint density at radius 2 is 2.04 bits per heavy atom. The van der Waals surface area contributed by atoms with Gasteiger partial charge in [0.15, 0.2) is 0 Å². The van der Waals surface area contributed by atoms with Crippen LogP contribution in [-0.4, -0.2) is 41.5 Å². The minimum absolute atomic E-state index is 0.171. The van der Waals surface area contributed by atoms with Crippen LogP contribution in [0.2, 0.25) is 0 Å². The topological polar surface area (TPSA) is 115 Å². The Labute approximate surface area is 142 Å². The number of carboxylic acids is 1. The first-order valence-corrected chi connectivity index (χ1v) is 7.51. The maximum Gasteiger partial charge on any atom is 0.325 e. The number of nitrogens with zero attached hydrogens (tertiary/aromatic N) is 5. The molecular weight excluding hydrogens is 324 g/mol. The number of amides is 1. The molecule has 2 heterocycles. The van der Waals surface area contributed by atoms with Crippen LogP contribution < -0.4 is 5.32 Å². The Bertz CT molecular complexity index is 914. The van der Waals surface area contributed by atoms with Crippen molar-refractivity contribution >= 4 is 17.8 Å². The molecule has 2 N–H and O–H groups in total. The van der Waals surface area contributed by atoms with Crippen molar-refractivity contribution in [2.45, 2.75) is 20.0 Å². The first-order valence-electron chi connectivity index (χ1n) is 7.51. The molecular formula is C16H16N6O3. The maximum absolute atomic E-state index is 12.1. The molecule has 3 aromatic rings. The third kappa shape index (κ3) is 4.08. The van der Waals surface area contributed by atoms with E-state index >= 15 is 0 Å². The highest BCUT2D eigenvalue weighted by Gasteiger charge is 2.12.